The molecule has 0 spiro atoms. The van der Waals surface area contributed by atoms with Crippen LogP contribution in [0.5, 0.6) is 0 Å². The zero-order chi connectivity index (χ0) is 20.0. The Kier molecular flexibility index (Phi) is 7.06. The Morgan fingerprint density at radius 1 is 1.11 bits per heavy atom. The molecule has 0 radical (unpaired) electrons. The minimum Gasteiger partial charge on any atom is -0.462 e. The summed E-state index contributed by atoms with van der Waals surface area (Å²) < 4.78 is 24.3. The first-order valence-electron chi connectivity index (χ1n) is 8.38. The minimum atomic E-state index is -0.793. The van der Waals surface area contributed by atoms with Crippen LogP contribution in [-0.2, 0) is 20.7 Å². The van der Waals surface area contributed by atoms with E-state index >= 15 is 0 Å². The number of aryl methyl sites for hydroxylation is 1. The first-order valence-corrected chi connectivity index (χ1v) is 9.26. The van der Waals surface area contributed by atoms with E-state index < -0.39 is 23.7 Å². The Hall–Kier alpha value is -2.74. The molecule has 0 aliphatic rings. The number of benzene rings is 1. The molecule has 1 amide bonds. The van der Waals surface area contributed by atoms with Crippen LogP contribution in [0.15, 0.2) is 23.6 Å². The van der Waals surface area contributed by atoms with Gasteiger partial charge in [-0.25, -0.2) is 14.0 Å². The van der Waals surface area contributed by atoms with Crippen LogP contribution in [0, 0.1) is 12.7 Å². The Morgan fingerprint density at radius 2 is 1.78 bits per heavy atom. The second kappa shape index (κ2) is 9.27. The van der Waals surface area contributed by atoms with Gasteiger partial charge in [-0.15, -0.1) is 11.3 Å². The van der Waals surface area contributed by atoms with Crippen molar-refractivity contribution < 1.29 is 28.2 Å². The highest BCUT2D eigenvalue weighted by molar-refractivity contribution is 7.15. The smallest absolute Gasteiger partial charge is 0.341 e. The van der Waals surface area contributed by atoms with Crippen LogP contribution in [0.2, 0.25) is 0 Å². The number of carbonyl (C=O) groups is 3. The van der Waals surface area contributed by atoms with Gasteiger partial charge in [0.05, 0.1) is 30.8 Å². The van der Waals surface area contributed by atoms with Crippen molar-refractivity contribution in [3.05, 3.63) is 51.7 Å². The molecular formula is C19H20FNO5S. The van der Waals surface area contributed by atoms with Crippen molar-refractivity contribution in [1.29, 1.82) is 0 Å². The molecule has 27 heavy (non-hydrogen) atoms. The van der Waals surface area contributed by atoms with Crippen molar-refractivity contribution in [2.75, 3.05) is 18.5 Å². The second-order valence-corrected chi connectivity index (χ2v) is 6.45. The summed E-state index contributed by atoms with van der Waals surface area (Å²) in [6.45, 7) is 5.39. The summed E-state index contributed by atoms with van der Waals surface area (Å²) in [7, 11) is 0. The first-order chi connectivity index (χ1) is 12.9. The molecular weight excluding hydrogens is 373 g/mol. The lowest BCUT2D eigenvalue weighted by molar-refractivity contribution is -0.115. The summed E-state index contributed by atoms with van der Waals surface area (Å²) in [6.07, 6.45) is -0.293. The molecule has 0 aliphatic carbocycles. The minimum absolute atomic E-state index is 0.0593. The molecule has 0 atom stereocenters. The SMILES string of the molecule is CCOC(=O)c1cccc(CC(=O)Nc2scc(C)c2C(=O)OCC)c1F. The van der Waals surface area contributed by atoms with Gasteiger partial charge in [0.15, 0.2) is 0 Å². The van der Waals surface area contributed by atoms with E-state index in [1.54, 1.807) is 26.2 Å². The number of halogens is 1. The molecule has 2 rings (SSSR count). The van der Waals surface area contributed by atoms with Gasteiger partial charge in [-0.2, -0.15) is 0 Å². The first kappa shape index (κ1) is 20.6. The highest BCUT2D eigenvalue weighted by Crippen LogP contribution is 2.28. The number of amides is 1. The van der Waals surface area contributed by atoms with Crippen molar-refractivity contribution in [3.8, 4) is 0 Å². The molecule has 0 saturated heterocycles. The number of hydrogen-bond acceptors (Lipinski definition) is 6. The summed E-state index contributed by atoms with van der Waals surface area (Å²) in [5.41, 5.74) is 0.811. The van der Waals surface area contributed by atoms with Gasteiger partial charge < -0.3 is 14.8 Å². The van der Waals surface area contributed by atoms with E-state index in [1.807, 2.05) is 0 Å². The van der Waals surface area contributed by atoms with Gasteiger partial charge in [0.2, 0.25) is 5.91 Å². The molecule has 0 fully saturated rings. The zero-order valence-electron chi connectivity index (χ0n) is 15.3. The molecule has 1 aromatic carbocycles. The van der Waals surface area contributed by atoms with Crippen LogP contribution in [-0.4, -0.2) is 31.1 Å². The zero-order valence-corrected chi connectivity index (χ0v) is 16.1. The number of anilines is 1. The fraction of sp³-hybridized carbons (Fsp3) is 0.316. The summed E-state index contributed by atoms with van der Waals surface area (Å²) in [6, 6.07) is 4.21. The average molecular weight is 393 g/mol. The van der Waals surface area contributed by atoms with Gasteiger partial charge in [0.1, 0.15) is 10.8 Å². The number of rotatable bonds is 7. The fourth-order valence-electron chi connectivity index (χ4n) is 2.42. The highest BCUT2D eigenvalue weighted by atomic mass is 32.1. The number of nitrogens with one attached hydrogen (secondary N) is 1. The summed E-state index contributed by atoms with van der Waals surface area (Å²) in [4.78, 5) is 36.2. The number of carbonyl (C=O) groups excluding carboxylic acids is 3. The van der Waals surface area contributed by atoms with Crippen molar-refractivity contribution in [1.82, 2.24) is 0 Å². The van der Waals surface area contributed by atoms with Gasteiger partial charge in [-0.05, 0) is 43.3 Å². The fourth-order valence-corrected chi connectivity index (χ4v) is 3.37. The lowest BCUT2D eigenvalue weighted by Crippen LogP contribution is -2.18. The van der Waals surface area contributed by atoms with Gasteiger partial charge in [0.25, 0.3) is 0 Å². The molecule has 8 heteroatoms. The summed E-state index contributed by atoms with van der Waals surface area (Å²) in [5.74, 6) is -2.61. The van der Waals surface area contributed by atoms with Gasteiger partial charge >= 0.3 is 11.9 Å². The molecule has 1 aromatic heterocycles. The molecule has 0 saturated carbocycles. The lowest BCUT2D eigenvalue weighted by Gasteiger charge is -2.09. The molecule has 1 heterocycles. The molecule has 0 unspecified atom stereocenters. The Balaban J connectivity index is 2.17. The molecule has 0 aliphatic heterocycles. The van der Waals surface area contributed by atoms with E-state index in [0.29, 0.717) is 10.6 Å². The van der Waals surface area contributed by atoms with Gasteiger partial charge in [-0.1, -0.05) is 12.1 Å². The van der Waals surface area contributed by atoms with E-state index in [9.17, 15) is 18.8 Å². The maximum atomic E-state index is 14.5. The van der Waals surface area contributed by atoms with Crippen LogP contribution in [0.3, 0.4) is 0 Å². The van der Waals surface area contributed by atoms with Gasteiger partial charge in [-0.3, -0.25) is 4.79 Å². The van der Waals surface area contributed by atoms with Crippen molar-refractivity contribution in [2.24, 2.45) is 0 Å². The third-order valence-electron chi connectivity index (χ3n) is 3.63. The maximum Gasteiger partial charge on any atom is 0.341 e. The van der Waals surface area contributed by atoms with Crippen LogP contribution in [0.4, 0.5) is 9.39 Å². The van der Waals surface area contributed by atoms with E-state index in [2.05, 4.69) is 5.32 Å². The Morgan fingerprint density at radius 3 is 2.44 bits per heavy atom. The van der Waals surface area contributed by atoms with Gasteiger partial charge in [0, 0.05) is 0 Å². The largest absolute Gasteiger partial charge is 0.462 e. The average Bonchev–Trinajstić information content (AvgIpc) is 2.97. The predicted molar refractivity (Wildman–Crippen MR) is 99.7 cm³/mol. The van der Waals surface area contributed by atoms with Crippen molar-refractivity contribution in [3.63, 3.8) is 0 Å². The van der Waals surface area contributed by atoms with Crippen LogP contribution in [0.1, 0.15) is 45.7 Å². The van der Waals surface area contributed by atoms with E-state index in [4.69, 9.17) is 9.47 Å². The molecule has 1 N–H and O–H groups in total. The lowest BCUT2D eigenvalue weighted by atomic mass is 10.1. The third-order valence-corrected chi connectivity index (χ3v) is 4.65. The summed E-state index contributed by atoms with van der Waals surface area (Å²) >= 11 is 1.19. The number of esters is 2. The molecule has 144 valence electrons. The number of thiophene rings is 1. The third kappa shape index (κ3) is 4.91. The van der Waals surface area contributed by atoms with E-state index in [-0.39, 0.29) is 36.3 Å². The number of hydrogen-bond donors (Lipinski definition) is 1. The monoisotopic (exact) mass is 393 g/mol. The predicted octanol–water partition coefficient (Wildman–Crippen LogP) is 3.73. The highest BCUT2D eigenvalue weighted by Gasteiger charge is 2.21. The summed E-state index contributed by atoms with van der Waals surface area (Å²) in [5, 5.41) is 4.69. The maximum absolute atomic E-state index is 14.5. The van der Waals surface area contributed by atoms with Crippen LogP contribution < -0.4 is 5.32 Å². The van der Waals surface area contributed by atoms with Crippen molar-refractivity contribution in [2.45, 2.75) is 27.2 Å². The quantitative estimate of drug-likeness (QED) is 0.725. The topological polar surface area (TPSA) is 81.7 Å². The molecule has 0 bridgehead atoms. The van der Waals surface area contributed by atoms with E-state index in [0.717, 1.165) is 0 Å². The normalized spacial score (nSPS) is 10.4. The second-order valence-electron chi connectivity index (χ2n) is 5.57. The van der Waals surface area contributed by atoms with Crippen LogP contribution >= 0.6 is 11.3 Å². The Bertz CT molecular complexity index is 862. The molecule has 6 nitrogen and oxygen atoms in total. The van der Waals surface area contributed by atoms with Crippen molar-refractivity contribution >= 4 is 34.2 Å². The standard InChI is InChI=1S/C19H20FNO5S/c1-4-25-18(23)13-8-6-7-12(16(13)20)9-14(22)21-17-15(11(3)10-27-17)19(24)26-5-2/h6-8,10H,4-5,9H2,1-3H3,(H,21,22). The number of ether oxygens (including phenoxy) is 2. The molecule has 2 aromatic rings. The Labute approximate surface area is 160 Å². The van der Waals surface area contributed by atoms with Crippen LogP contribution in [0.25, 0.3) is 0 Å². The van der Waals surface area contributed by atoms with E-state index in [1.165, 1.54) is 29.5 Å².